The number of rotatable bonds is 8. The lowest BCUT2D eigenvalue weighted by molar-refractivity contribution is -0.145. The molecule has 142 valence electrons. The van der Waals surface area contributed by atoms with Crippen LogP contribution in [0.25, 0.3) is 10.9 Å². The Morgan fingerprint density at radius 1 is 1.31 bits per heavy atom. The number of carbonyl (C=O) groups excluding carboxylic acids is 2. The first-order chi connectivity index (χ1) is 12.2. The zero-order chi connectivity index (χ0) is 19.5. The number of ketones is 1. The highest BCUT2D eigenvalue weighted by Gasteiger charge is 2.22. The van der Waals surface area contributed by atoms with Gasteiger partial charge in [0.25, 0.3) is 0 Å². The van der Waals surface area contributed by atoms with Gasteiger partial charge in [0.2, 0.25) is 7.37 Å². The van der Waals surface area contributed by atoms with E-state index in [1.54, 1.807) is 31.8 Å². The molecule has 0 aliphatic heterocycles. The van der Waals surface area contributed by atoms with Crippen molar-refractivity contribution in [2.24, 2.45) is 5.92 Å². The van der Waals surface area contributed by atoms with E-state index in [1.807, 2.05) is 13.8 Å². The average molecular weight is 380 g/mol. The molecule has 8 heteroatoms. The maximum absolute atomic E-state index is 12.7. The number of hydrogen-bond donors (Lipinski definition) is 0. The Balaban J connectivity index is 2.46. The number of Topliss-reactive ketones (excluding diaryl/α,β-unsaturated/α-hetero) is 1. The lowest BCUT2D eigenvalue weighted by atomic mass is 10.2. The van der Waals surface area contributed by atoms with Gasteiger partial charge in [-0.25, -0.2) is 0 Å². The maximum Gasteiger partial charge on any atom is 0.327 e. The van der Waals surface area contributed by atoms with Crippen molar-refractivity contribution >= 4 is 35.3 Å². The Hall–Kier alpha value is -1.98. The Labute approximate surface area is 153 Å². The molecule has 0 bridgehead atoms. The van der Waals surface area contributed by atoms with Gasteiger partial charge < -0.3 is 9.26 Å². The van der Waals surface area contributed by atoms with Crippen LogP contribution in [0, 0.1) is 5.92 Å². The lowest BCUT2D eigenvalue weighted by Crippen LogP contribution is -2.17. The van der Waals surface area contributed by atoms with Crippen molar-refractivity contribution in [3.8, 4) is 0 Å². The second-order valence-electron chi connectivity index (χ2n) is 6.60. The quantitative estimate of drug-likeness (QED) is 0.397. The fourth-order valence-electron chi connectivity index (χ4n) is 2.54. The minimum atomic E-state index is -2.99. The maximum atomic E-state index is 12.7. The molecule has 7 nitrogen and oxygen atoms in total. The SMILES string of the molecule is CCOP(C)(=O)c1ccc2c(C(C)=O)nn(CC(=O)OCC(C)C)c2c1. The minimum Gasteiger partial charge on any atom is -0.464 e. The Kier molecular flexibility index (Phi) is 6.37. The number of esters is 1. The summed E-state index contributed by atoms with van der Waals surface area (Å²) in [4.78, 5) is 24.0. The molecular weight excluding hydrogens is 355 g/mol. The summed E-state index contributed by atoms with van der Waals surface area (Å²) in [6.45, 7) is 9.15. The van der Waals surface area contributed by atoms with Gasteiger partial charge >= 0.3 is 5.97 Å². The van der Waals surface area contributed by atoms with Gasteiger partial charge in [0.05, 0.1) is 18.7 Å². The molecule has 0 aliphatic carbocycles. The van der Waals surface area contributed by atoms with Gasteiger partial charge in [-0.2, -0.15) is 5.10 Å². The van der Waals surface area contributed by atoms with Crippen LogP contribution in [-0.2, 0) is 25.2 Å². The van der Waals surface area contributed by atoms with E-state index < -0.39 is 13.3 Å². The van der Waals surface area contributed by atoms with Crippen LogP contribution in [0.1, 0.15) is 38.2 Å². The lowest BCUT2D eigenvalue weighted by Gasteiger charge is -2.13. The van der Waals surface area contributed by atoms with Crippen molar-refractivity contribution in [3.63, 3.8) is 0 Å². The van der Waals surface area contributed by atoms with Crippen molar-refractivity contribution in [1.82, 2.24) is 9.78 Å². The molecule has 1 unspecified atom stereocenters. The molecule has 1 aromatic heterocycles. The standard InChI is InChI=1S/C18H25N2O5P/c1-6-25-26(5,23)14-7-8-15-16(9-14)20(19-18(15)13(4)21)10-17(22)24-11-12(2)3/h7-9,12H,6,10-11H2,1-5H3. The summed E-state index contributed by atoms with van der Waals surface area (Å²) in [5.74, 6) is -0.417. The first-order valence-electron chi connectivity index (χ1n) is 8.55. The summed E-state index contributed by atoms with van der Waals surface area (Å²) < 4.78 is 24.7. The van der Waals surface area contributed by atoms with E-state index in [2.05, 4.69) is 5.10 Å². The Morgan fingerprint density at radius 3 is 2.58 bits per heavy atom. The van der Waals surface area contributed by atoms with Crippen molar-refractivity contribution in [2.45, 2.75) is 34.2 Å². The molecule has 0 N–H and O–H groups in total. The van der Waals surface area contributed by atoms with Gasteiger partial charge in [-0.3, -0.25) is 18.8 Å². The van der Waals surface area contributed by atoms with Gasteiger partial charge in [0, 0.05) is 24.3 Å². The van der Waals surface area contributed by atoms with E-state index in [-0.39, 0.29) is 23.9 Å². The van der Waals surface area contributed by atoms with Gasteiger partial charge in [0.15, 0.2) is 5.78 Å². The average Bonchev–Trinajstić information content (AvgIpc) is 2.91. The number of aromatic nitrogens is 2. The van der Waals surface area contributed by atoms with E-state index in [0.29, 0.717) is 29.4 Å². The van der Waals surface area contributed by atoms with Gasteiger partial charge in [-0.15, -0.1) is 0 Å². The first-order valence-corrected chi connectivity index (χ1v) is 10.6. The summed E-state index contributed by atoms with van der Waals surface area (Å²) >= 11 is 0. The molecule has 0 amide bonds. The zero-order valence-corrected chi connectivity index (χ0v) is 16.7. The van der Waals surface area contributed by atoms with Crippen LogP contribution in [0.5, 0.6) is 0 Å². The fourth-order valence-corrected chi connectivity index (χ4v) is 3.89. The predicted octanol–water partition coefficient (Wildman–Crippen LogP) is 3.01. The summed E-state index contributed by atoms with van der Waals surface area (Å²) in [6, 6.07) is 5.04. The molecule has 0 fully saturated rings. The summed E-state index contributed by atoms with van der Waals surface area (Å²) in [6.07, 6.45) is 0. The number of hydrogen-bond acceptors (Lipinski definition) is 6. The third-order valence-corrected chi connectivity index (χ3v) is 5.74. The van der Waals surface area contributed by atoms with Crippen LogP contribution in [0.4, 0.5) is 0 Å². The number of benzene rings is 1. The highest BCUT2D eigenvalue weighted by Crippen LogP contribution is 2.41. The molecule has 2 rings (SSSR count). The molecule has 1 atom stereocenters. The first kappa shape index (κ1) is 20.3. The topological polar surface area (TPSA) is 87.5 Å². The molecular formula is C18H25N2O5P. The van der Waals surface area contributed by atoms with Crippen LogP contribution in [0.15, 0.2) is 18.2 Å². The largest absolute Gasteiger partial charge is 0.464 e. The van der Waals surface area contributed by atoms with Crippen molar-refractivity contribution in [3.05, 3.63) is 23.9 Å². The number of nitrogens with zero attached hydrogens (tertiary/aromatic N) is 2. The van der Waals surface area contributed by atoms with E-state index in [1.165, 1.54) is 11.6 Å². The van der Waals surface area contributed by atoms with Crippen LogP contribution in [-0.4, -0.2) is 41.4 Å². The molecule has 0 saturated carbocycles. The second kappa shape index (κ2) is 8.14. The van der Waals surface area contributed by atoms with Crippen molar-refractivity contribution in [2.75, 3.05) is 19.9 Å². The number of carbonyl (C=O) groups is 2. The fraction of sp³-hybridized carbons (Fsp3) is 0.500. The molecule has 0 radical (unpaired) electrons. The third kappa shape index (κ3) is 4.59. The third-order valence-electron chi connectivity index (χ3n) is 3.77. The van der Waals surface area contributed by atoms with E-state index >= 15 is 0 Å². The normalized spacial score (nSPS) is 13.8. The van der Waals surface area contributed by atoms with Crippen LogP contribution < -0.4 is 5.30 Å². The van der Waals surface area contributed by atoms with Crippen LogP contribution >= 0.6 is 7.37 Å². The molecule has 2 aromatic rings. The summed E-state index contributed by atoms with van der Waals surface area (Å²) in [7, 11) is -2.99. The molecule has 26 heavy (non-hydrogen) atoms. The van der Waals surface area contributed by atoms with Crippen molar-refractivity contribution in [1.29, 1.82) is 0 Å². The van der Waals surface area contributed by atoms with E-state index in [0.717, 1.165) is 0 Å². The number of ether oxygens (including phenoxy) is 1. The second-order valence-corrected chi connectivity index (χ2v) is 9.07. The number of fused-ring (bicyclic) bond motifs is 1. The molecule has 0 aliphatic rings. The van der Waals surface area contributed by atoms with Gasteiger partial charge in [-0.1, -0.05) is 13.8 Å². The monoisotopic (exact) mass is 380 g/mol. The van der Waals surface area contributed by atoms with Crippen LogP contribution in [0.2, 0.25) is 0 Å². The van der Waals surface area contributed by atoms with Crippen molar-refractivity contribution < 1.29 is 23.4 Å². The Bertz CT molecular complexity index is 872. The molecule has 1 heterocycles. The highest BCUT2D eigenvalue weighted by molar-refractivity contribution is 7.66. The summed E-state index contributed by atoms with van der Waals surface area (Å²) in [5, 5.41) is 5.38. The smallest absolute Gasteiger partial charge is 0.327 e. The molecule has 0 saturated heterocycles. The molecule has 0 spiro atoms. The minimum absolute atomic E-state index is 0.122. The highest BCUT2D eigenvalue weighted by atomic mass is 31.2. The van der Waals surface area contributed by atoms with Crippen LogP contribution in [0.3, 0.4) is 0 Å². The van der Waals surface area contributed by atoms with Gasteiger partial charge in [-0.05, 0) is 31.0 Å². The van der Waals surface area contributed by atoms with Gasteiger partial charge in [0.1, 0.15) is 12.2 Å². The zero-order valence-electron chi connectivity index (χ0n) is 15.8. The summed E-state index contributed by atoms with van der Waals surface area (Å²) in [5.41, 5.74) is 0.821. The predicted molar refractivity (Wildman–Crippen MR) is 100 cm³/mol. The molecule has 1 aromatic carbocycles. The Morgan fingerprint density at radius 2 is 2.00 bits per heavy atom. The van der Waals surface area contributed by atoms with E-state index in [9.17, 15) is 14.2 Å². The van der Waals surface area contributed by atoms with E-state index in [4.69, 9.17) is 9.26 Å².